The number of aromatic nitrogens is 1. The molecule has 2 heterocycles. The van der Waals surface area contributed by atoms with Crippen molar-refractivity contribution in [2.75, 3.05) is 19.7 Å². The van der Waals surface area contributed by atoms with Crippen LogP contribution in [0.2, 0.25) is 0 Å². The number of aliphatic carboxylic acids is 1. The van der Waals surface area contributed by atoms with Crippen molar-refractivity contribution in [2.24, 2.45) is 0 Å². The molecule has 1 aliphatic heterocycles. The summed E-state index contributed by atoms with van der Waals surface area (Å²) in [6, 6.07) is 5.16. The van der Waals surface area contributed by atoms with E-state index in [0.717, 1.165) is 0 Å². The molecule has 7 heteroatoms. The summed E-state index contributed by atoms with van der Waals surface area (Å²) in [7, 11) is 0. The van der Waals surface area contributed by atoms with E-state index in [2.05, 4.69) is 0 Å². The summed E-state index contributed by atoms with van der Waals surface area (Å²) >= 11 is 0. The lowest BCUT2D eigenvalue weighted by Gasteiger charge is -2.29. The first-order valence-electron chi connectivity index (χ1n) is 5.79. The van der Waals surface area contributed by atoms with Crippen LogP contribution in [-0.4, -0.2) is 52.3 Å². The summed E-state index contributed by atoms with van der Waals surface area (Å²) in [4.78, 5) is 24.5. The van der Waals surface area contributed by atoms with Crippen molar-refractivity contribution >= 4 is 11.9 Å². The molecule has 1 aromatic heterocycles. The van der Waals surface area contributed by atoms with Crippen LogP contribution in [0.3, 0.4) is 0 Å². The van der Waals surface area contributed by atoms with E-state index in [0.29, 0.717) is 18.8 Å². The smallest absolute Gasteiger partial charge is 0.323 e. The van der Waals surface area contributed by atoms with Gasteiger partial charge in [-0.3, -0.25) is 9.59 Å². The number of carbonyl (C=O) groups is 2. The van der Waals surface area contributed by atoms with E-state index in [1.807, 2.05) is 6.07 Å². The molecule has 1 aliphatic rings. The Morgan fingerprint density at radius 3 is 3.05 bits per heavy atom. The van der Waals surface area contributed by atoms with Gasteiger partial charge in [-0.1, -0.05) is 0 Å². The van der Waals surface area contributed by atoms with Crippen molar-refractivity contribution in [2.45, 2.75) is 12.6 Å². The zero-order valence-corrected chi connectivity index (χ0v) is 10.2. The Kier molecular flexibility index (Phi) is 3.82. The maximum Gasteiger partial charge on any atom is 0.323 e. The molecule has 0 saturated carbocycles. The number of nitriles is 1. The molecule has 0 spiro atoms. The van der Waals surface area contributed by atoms with Crippen LogP contribution in [0, 0.1) is 11.3 Å². The van der Waals surface area contributed by atoms with Crippen LogP contribution in [0.5, 0.6) is 0 Å². The van der Waals surface area contributed by atoms with Crippen molar-refractivity contribution in [3.8, 4) is 6.07 Å². The average molecular weight is 263 g/mol. The number of hydrogen-bond donors (Lipinski definition) is 1. The van der Waals surface area contributed by atoms with Crippen LogP contribution in [-0.2, 0) is 16.1 Å². The minimum atomic E-state index is -1.01. The van der Waals surface area contributed by atoms with E-state index >= 15 is 0 Å². The van der Waals surface area contributed by atoms with E-state index in [-0.39, 0.29) is 19.0 Å². The highest BCUT2D eigenvalue weighted by molar-refractivity contribution is 5.93. The third kappa shape index (κ3) is 2.92. The van der Waals surface area contributed by atoms with Crippen LogP contribution in [0.4, 0.5) is 0 Å². The molecule has 1 amide bonds. The van der Waals surface area contributed by atoms with E-state index in [1.54, 1.807) is 18.3 Å². The molecule has 0 aromatic carbocycles. The summed E-state index contributed by atoms with van der Waals surface area (Å²) in [5, 5.41) is 17.6. The molecule has 100 valence electrons. The molecule has 0 radical (unpaired) electrons. The third-order valence-electron chi connectivity index (χ3n) is 2.85. The number of hydrogen-bond acceptors (Lipinski definition) is 4. The number of amides is 1. The summed E-state index contributed by atoms with van der Waals surface area (Å²) in [5.41, 5.74) is 0.306. The molecule has 19 heavy (non-hydrogen) atoms. The van der Waals surface area contributed by atoms with Gasteiger partial charge in [0.15, 0.2) is 6.10 Å². The van der Waals surface area contributed by atoms with Gasteiger partial charge in [-0.25, -0.2) is 0 Å². The van der Waals surface area contributed by atoms with Crippen molar-refractivity contribution in [1.82, 2.24) is 9.47 Å². The van der Waals surface area contributed by atoms with Gasteiger partial charge in [0.25, 0.3) is 5.91 Å². The standard InChI is InChI=1S/C12H13N3O4/c13-6-9-7-15(4-5-19-9)12(18)10-2-1-3-14(10)8-11(16)17/h1-3,9H,4-5,7-8H2,(H,16,17). The van der Waals surface area contributed by atoms with Crippen molar-refractivity contribution in [3.63, 3.8) is 0 Å². The van der Waals surface area contributed by atoms with Gasteiger partial charge in [0.2, 0.25) is 0 Å². The minimum Gasteiger partial charge on any atom is -0.480 e. The highest BCUT2D eigenvalue weighted by Crippen LogP contribution is 2.11. The lowest BCUT2D eigenvalue weighted by Crippen LogP contribution is -2.45. The molecule has 1 N–H and O–H groups in total. The minimum absolute atomic E-state index is 0.202. The molecule has 1 saturated heterocycles. The van der Waals surface area contributed by atoms with Gasteiger partial charge in [-0.05, 0) is 12.1 Å². The van der Waals surface area contributed by atoms with Crippen LogP contribution in [0.25, 0.3) is 0 Å². The first kappa shape index (κ1) is 13.1. The molecule has 0 bridgehead atoms. The molecule has 0 aliphatic carbocycles. The fraction of sp³-hybridized carbons (Fsp3) is 0.417. The maximum absolute atomic E-state index is 12.3. The van der Waals surface area contributed by atoms with E-state index in [4.69, 9.17) is 15.1 Å². The molecule has 1 aromatic rings. The molecule has 1 atom stereocenters. The predicted molar refractivity (Wildman–Crippen MR) is 63.3 cm³/mol. The Morgan fingerprint density at radius 1 is 1.58 bits per heavy atom. The van der Waals surface area contributed by atoms with Crippen molar-refractivity contribution in [3.05, 3.63) is 24.0 Å². The van der Waals surface area contributed by atoms with E-state index < -0.39 is 12.1 Å². The second kappa shape index (κ2) is 5.54. The van der Waals surface area contributed by atoms with Gasteiger partial charge in [0, 0.05) is 12.7 Å². The Hall–Kier alpha value is -2.33. The summed E-state index contributed by atoms with van der Waals surface area (Å²) in [6.07, 6.45) is 0.921. The number of rotatable bonds is 3. The second-order valence-corrected chi connectivity index (χ2v) is 4.15. The predicted octanol–water partition coefficient (Wildman–Crippen LogP) is -0.0627. The molecule has 7 nitrogen and oxygen atoms in total. The number of morpholine rings is 1. The van der Waals surface area contributed by atoms with E-state index in [9.17, 15) is 9.59 Å². The Bertz CT molecular complexity index is 531. The zero-order valence-electron chi connectivity index (χ0n) is 10.2. The maximum atomic E-state index is 12.3. The van der Waals surface area contributed by atoms with Gasteiger partial charge in [0.1, 0.15) is 12.2 Å². The Labute approximate surface area is 109 Å². The number of carboxylic acids is 1. The summed E-state index contributed by atoms with van der Waals surface area (Å²) in [5.74, 6) is -1.29. The number of ether oxygens (including phenoxy) is 1. The van der Waals surface area contributed by atoms with Crippen LogP contribution >= 0.6 is 0 Å². The average Bonchev–Trinajstić information content (AvgIpc) is 2.85. The van der Waals surface area contributed by atoms with Gasteiger partial charge >= 0.3 is 5.97 Å². The zero-order chi connectivity index (χ0) is 13.8. The SMILES string of the molecule is N#CC1CN(C(=O)c2cccn2CC(=O)O)CCO1. The summed E-state index contributed by atoms with van der Waals surface area (Å²) in [6.45, 7) is 0.645. The molecular formula is C12H13N3O4. The van der Waals surface area contributed by atoms with Gasteiger partial charge in [-0.15, -0.1) is 0 Å². The fourth-order valence-corrected chi connectivity index (χ4v) is 1.97. The quantitative estimate of drug-likeness (QED) is 0.824. The van der Waals surface area contributed by atoms with Gasteiger partial charge < -0.3 is 19.3 Å². The number of carboxylic acid groups (broad SMARTS) is 1. The van der Waals surface area contributed by atoms with Crippen LogP contribution in [0.15, 0.2) is 18.3 Å². The second-order valence-electron chi connectivity index (χ2n) is 4.15. The highest BCUT2D eigenvalue weighted by atomic mass is 16.5. The van der Waals surface area contributed by atoms with Gasteiger partial charge in [-0.2, -0.15) is 5.26 Å². The number of carbonyl (C=O) groups excluding carboxylic acids is 1. The topological polar surface area (TPSA) is 95.6 Å². The largest absolute Gasteiger partial charge is 0.480 e. The first-order valence-corrected chi connectivity index (χ1v) is 5.79. The van der Waals surface area contributed by atoms with Crippen LogP contribution < -0.4 is 0 Å². The third-order valence-corrected chi connectivity index (χ3v) is 2.85. The normalized spacial score (nSPS) is 18.9. The van der Waals surface area contributed by atoms with E-state index in [1.165, 1.54) is 9.47 Å². The van der Waals surface area contributed by atoms with Crippen molar-refractivity contribution < 1.29 is 19.4 Å². The first-order chi connectivity index (χ1) is 9.11. The molecular weight excluding hydrogens is 250 g/mol. The lowest BCUT2D eigenvalue weighted by atomic mass is 10.2. The Balaban J connectivity index is 2.13. The molecule has 2 rings (SSSR count). The highest BCUT2D eigenvalue weighted by Gasteiger charge is 2.26. The molecule has 1 fully saturated rings. The summed E-state index contributed by atoms with van der Waals surface area (Å²) < 4.78 is 6.54. The van der Waals surface area contributed by atoms with Crippen LogP contribution in [0.1, 0.15) is 10.5 Å². The lowest BCUT2D eigenvalue weighted by molar-refractivity contribution is -0.137. The van der Waals surface area contributed by atoms with Crippen molar-refractivity contribution in [1.29, 1.82) is 5.26 Å². The van der Waals surface area contributed by atoms with Gasteiger partial charge in [0.05, 0.1) is 19.2 Å². The fourth-order valence-electron chi connectivity index (χ4n) is 1.97. The molecule has 1 unspecified atom stereocenters. The Morgan fingerprint density at radius 2 is 2.37 bits per heavy atom. The number of nitrogens with zero attached hydrogens (tertiary/aromatic N) is 3. The monoisotopic (exact) mass is 263 g/mol.